The van der Waals surface area contributed by atoms with Gasteiger partial charge in [0.15, 0.2) is 11.6 Å². The molecule has 0 radical (unpaired) electrons. The second-order valence-electron chi connectivity index (χ2n) is 7.60. The summed E-state index contributed by atoms with van der Waals surface area (Å²) in [4.78, 5) is 19.5. The lowest BCUT2D eigenvalue weighted by atomic mass is 9.89. The monoisotopic (exact) mass is 406 g/mol. The number of likely N-dealkylation sites (tertiary alicyclic amines) is 1. The first-order valence-electron chi connectivity index (χ1n) is 10.2. The Hall–Kier alpha value is -2.57. The SMILES string of the molecule is CCc1ccc(-c2nc(=S)n(CN3CCC(C(=O)c4ccccc4)CC3)[nH]2)cc1. The van der Waals surface area contributed by atoms with E-state index in [1.54, 1.807) is 0 Å². The van der Waals surface area contributed by atoms with Gasteiger partial charge in [-0.25, -0.2) is 4.68 Å². The second-order valence-corrected chi connectivity index (χ2v) is 7.96. The van der Waals surface area contributed by atoms with Crippen molar-refractivity contribution in [1.29, 1.82) is 0 Å². The van der Waals surface area contributed by atoms with E-state index < -0.39 is 0 Å². The smallest absolute Gasteiger partial charge is 0.217 e. The summed E-state index contributed by atoms with van der Waals surface area (Å²) in [5, 5.41) is 3.34. The number of carbonyl (C=O) groups is 1. The van der Waals surface area contributed by atoms with E-state index in [-0.39, 0.29) is 11.7 Å². The van der Waals surface area contributed by atoms with Crippen molar-refractivity contribution in [1.82, 2.24) is 19.7 Å². The summed E-state index contributed by atoms with van der Waals surface area (Å²) in [5.74, 6) is 1.17. The number of aromatic nitrogens is 3. The third-order valence-corrected chi connectivity index (χ3v) is 5.98. The molecule has 3 aromatic rings. The first-order valence-corrected chi connectivity index (χ1v) is 10.6. The molecular formula is C23H26N4OS. The zero-order chi connectivity index (χ0) is 20.2. The Bertz CT molecular complexity index is 1020. The fourth-order valence-corrected chi connectivity index (χ4v) is 4.05. The molecule has 1 aliphatic rings. The lowest BCUT2D eigenvalue weighted by Gasteiger charge is -2.31. The maximum atomic E-state index is 12.7. The lowest BCUT2D eigenvalue weighted by molar-refractivity contribution is 0.0803. The normalized spacial score (nSPS) is 15.5. The van der Waals surface area contributed by atoms with Gasteiger partial charge >= 0.3 is 0 Å². The van der Waals surface area contributed by atoms with Gasteiger partial charge in [-0.15, -0.1) is 0 Å². The highest BCUT2D eigenvalue weighted by molar-refractivity contribution is 7.71. The molecule has 0 unspecified atom stereocenters. The number of aromatic amines is 1. The molecule has 29 heavy (non-hydrogen) atoms. The Labute approximate surface area is 176 Å². The number of nitrogens with zero attached hydrogens (tertiary/aromatic N) is 3. The largest absolute Gasteiger partial charge is 0.294 e. The van der Waals surface area contributed by atoms with Crippen LogP contribution >= 0.6 is 12.2 Å². The van der Waals surface area contributed by atoms with Gasteiger partial charge in [0.1, 0.15) is 0 Å². The molecule has 0 aliphatic carbocycles. The van der Waals surface area contributed by atoms with E-state index in [0.29, 0.717) is 11.4 Å². The average Bonchev–Trinajstić information content (AvgIpc) is 3.14. The maximum absolute atomic E-state index is 12.7. The molecule has 1 saturated heterocycles. The van der Waals surface area contributed by atoms with Crippen LogP contribution < -0.4 is 0 Å². The van der Waals surface area contributed by atoms with E-state index in [1.165, 1.54) is 5.56 Å². The molecule has 5 nitrogen and oxygen atoms in total. The molecule has 0 saturated carbocycles. The number of benzene rings is 2. The molecule has 6 heteroatoms. The number of hydrogen-bond acceptors (Lipinski definition) is 4. The number of rotatable bonds is 6. The van der Waals surface area contributed by atoms with Gasteiger partial charge < -0.3 is 0 Å². The van der Waals surface area contributed by atoms with Crippen molar-refractivity contribution in [2.45, 2.75) is 32.9 Å². The van der Waals surface area contributed by atoms with Gasteiger partial charge in [-0.05, 0) is 37.0 Å². The van der Waals surface area contributed by atoms with Crippen LogP contribution in [-0.4, -0.2) is 38.5 Å². The fourth-order valence-electron chi connectivity index (χ4n) is 3.85. The van der Waals surface area contributed by atoms with Crippen LogP contribution in [0.25, 0.3) is 11.4 Å². The summed E-state index contributed by atoms with van der Waals surface area (Å²) in [6.45, 7) is 4.58. The van der Waals surface area contributed by atoms with E-state index in [9.17, 15) is 4.79 Å². The predicted molar refractivity (Wildman–Crippen MR) is 117 cm³/mol. The van der Waals surface area contributed by atoms with Gasteiger partial charge in [0, 0.05) is 30.1 Å². The van der Waals surface area contributed by atoms with Gasteiger partial charge in [-0.1, -0.05) is 61.5 Å². The molecule has 0 amide bonds. The van der Waals surface area contributed by atoms with Crippen LogP contribution in [0, 0.1) is 10.7 Å². The van der Waals surface area contributed by atoms with E-state index >= 15 is 0 Å². The zero-order valence-corrected chi connectivity index (χ0v) is 17.5. The minimum Gasteiger partial charge on any atom is -0.294 e. The van der Waals surface area contributed by atoms with Crippen LogP contribution in [0.2, 0.25) is 0 Å². The van der Waals surface area contributed by atoms with Gasteiger partial charge in [0.2, 0.25) is 4.77 Å². The van der Waals surface area contributed by atoms with Crippen molar-refractivity contribution in [3.63, 3.8) is 0 Å². The lowest BCUT2D eigenvalue weighted by Crippen LogP contribution is -2.37. The van der Waals surface area contributed by atoms with E-state index in [4.69, 9.17) is 12.2 Å². The highest BCUT2D eigenvalue weighted by Gasteiger charge is 2.26. The minimum absolute atomic E-state index is 0.107. The highest BCUT2D eigenvalue weighted by Crippen LogP contribution is 2.22. The molecule has 4 rings (SSSR count). The third kappa shape index (κ3) is 4.54. The van der Waals surface area contributed by atoms with Crippen LogP contribution in [0.5, 0.6) is 0 Å². The average molecular weight is 407 g/mol. The van der Waals surface area contributed by atoms with E-state index in [2.05, 4.69) is 46.2 Å². The molecule has 1 fully saturated rings. The molecule has 2 heterocycles. The maximum Gasteiger partial charge on any atom is 0.217 e. The van der Waals surface area contributed by atoms with Crippen LogP contribution in [-0.2, 0) is 13.1 Å². The van der Waals surface area contributed by atoms with Crippen LogP contribution in [0.4, 0.5) is 0 Å². The van der Waals surface area contributed by atoms with E-state index in [0.717, 1.165) is 49.3 Å². The number of ketones is 1. The first-order chi connectivity index (χ1) is 14.1. The quantitative estimate of drug-likeness (QED) is 0.475. The Kier molecular flexibility index (Phi) is 6.02. The number of hydrogen-bond donors (Lipinski definition) is 1. The topological polar surface area (TPSA) is 53.9 Å². The molecule has 0 atom stereocenters. The summed E-state index contributed by atoms with van der Waals surface area (Å²) in [5.41, 5.74) is 3.17. The Balaban J connectivity index is 1.38. The van der Waals surface area contributed by atoms with Crippen molar-refractivity contribution >= 4 is 18.0 Å². The number of carbonyl (C=O) groups excluding carboxylic acids is 1. The first kappa shape index (κ1) is 19.7. The zero-order valence-electron chi connectivity index (χ0n) is 16.7. The Morgan fingerprint density at radius 3 is 2.45 bits per heavy atom. The van der Waals surface area contributed by atoms with Crippen LogP contribution in [0.15, 0.2) is 54.6 Å². The summed E-state index contributed by atoms with van der Waals surface area (Å²) >= 11 is 5.46. The van der Waals surface area contributed by atoms with Gasteiger partial charge in [0.05, 0.1) is 6.67 Å². The van der Waals surface area contributed by atoms with Crippen molar-refractivity contribution in [3.8, 4) is 11.4 Å². The molecule has 0 bridgehead atoms. The van der Waals surface area contributed by atoms with Crippen molar-refractivity contribution in [2.24, 2.45) is 5.92 Å². The number of H-pyrrole nitrogens is 1. The van der Waals surface area contributed by atoms with Crippen molar-refractivity contribution in [3.05, 3.63) is 70.5 Å². The summed E-state index contributed by atoms with van der Waals surface area (Å²) in [6.07, 6.45) is 2.77. The Morgan fingerprint density at radius 1 is 1.10 bits per heavy atom. The summed E-state index contributed by atoms with van der Waals surface area (Å²) in [7, 11) is 0. The fraction of sp³-hybridized carbons (Fsp3) is 0.348. The molecule has 2 aromatic carbocycles. The van der Waals surface area contributed by atoms with E-state index in [1.807, 2.05) is 35.0 Å². The van der Waals surface area contributed by atoms with Crippen LogP contribution in [0.3, 0.4) is 0 Å². The number of aryl methyl sites for hydroxylation is 1. The highest BCUT2D eigenvalue weighted by atomic mass is 32.1. The van der Waals surface area contributed by atoms with Gasteiger partial charge in [-0.2, -0.15) is 4.98 Å². The second kappa shape index (κ2) is 8.84. The number of Topliss-reactive ketones (excluding diaryl/α,β-unsaturated/α-hetero) is 1. The van der Waals surface area contributed by atoms with Crippen molar-refractivity contribution in [2.75, 3.05) is 13.1 Å². The van der Waals surface area contributed by atoms with Gasteiger partial charge in [-0.3, -0.25) is 14.8 Å². The molecule has 150 valence electrons. The van der Waals surface area contributed by atoms with Gasteiger partial charge in [0.25, 0.3) is 0 Å². The number of piperidine rings is 1. The predicted octanol–water partition coefficient (Wildman–Crippen LogP) is 4.72. The summed E-state index contributed by atoms with van der Waals surface area (Å²) in [6, 6.07) is 18.0. The van der Waals surface area contributed by atoms with Crippen molar-refractivity contribution < 1.29 is 4.79 Å². The molecular weight excluding hydrogens is 380 g/mol. The van der Waals surface area contributed by atoms with Crippen LogP contribution in [0.1, 0.15) is 35.7 Å². The molecule has 1 N–H and O–H groups in total. The number of nitrogens with one attached hydrogen (secondary N) is 1. The minimum atomic E-state index is 0.107. The third-order valence-electron chi connectivity index (χ3n) is 5.67. The molecule has 1 aliphatic heterocycles. The Morgan fingerprint density at radius 2 is 1.79 bits per heavy atom. The molecule has 0 spiro atoms. The standard InChI is InChI=1S/C23H26N4OS/c1-2-17-8-10-20(11-9-17)22-24-23(29)27(25-22)16-26-14-12-19(13-15-26)21(28)18-6-4-3-5-7-18/h3-11,19H,2,12-16H2,1H3,(H,24,25,29). The molecule has 1 aromatic heterocycles. The summed E-state index contributed by atoms with van der Waals surface area (Å²) < 4.78 is 2.47.